The number of unbranched alkanes of at least 4 members (excludes halogenated alkanes) is 1. The third-order valence-electron chi connectivity index (χ3n) is 3.48. The summed E-state index contributed by atoms with van der Waals surface area (Å²) >= 11 is 0. The van der Waals surface area contributed by atoms with Crippen LogP contribution in [0.25, 0.3) is 0 Å². The third kappa shape index (κ3) is 4.10. The van der Waals surface area contributed by atoms with Gasteiger partial charge in [-0.05, 0) is 39.4 Å². The normalized spacial score (nSPS) is 26.5. The molecule has 1 heterocycles. The Balaban J connectivity index is 2.18. The zero-order valence-electron chi connectivity index (χ0n) is 10.9. The van der Waals surface area contributed by atoms with Gasteiger partial charge in [0.05, 0.1) is 5.84 Å². The summed E-state index contributed by atoms with van der Waals surface area (Å²) in [6, 6.07) is 0.702. The summed E-state index contributed by atoms with van der Waals surface area (Å²) in [5.41, 5.74) is 5.33. The molecule has 0 bridgehead atoms. The van der Waals surface area contributed by atoms with Crippen molar-refractivity contribution >= 4 is 5.84 Å². The van der Waals surface area contributed by atoms with Crippen LogP contribution in [0.1, 0.15) is 26.2 Å². The van der Waals surface area contributed by atoms with Gasteiger partial charge in [-0.1, -0.05) is 6.92 Å². The third-order valence-corrected chi connectivity index (χ3v) is 3.48. The maximum Gasteiger partial charge on any atom is 0.0905 e. The fourth-order valence-electron chi connectivity index (χ4n) is 2.55. The standard InChI is InChI=1S/C12H26N4/c1-10-8-16(9-11(10)15(2)3)7-5-4-6-12(13)14/h10-11H,4-9H2,1-3H3,(H3,13,14). The van der Waals surface area contributed by atoms with E-state index in [9.17, 15) is 0 Å². The fourth-order valence-corrected chi connectivity index (χ4v) is 2.55. The van der Waals surface area contributed by atoms with Gasteiger partial charge in [0.25, 0.3) is 0 Å². The Morgan fingerprint density at radius 1 is 1.38 bits per heavy atom. The molecule has 0 aromatic carbocycles. The summed E-state index contributed by atoms with van der Waals surface area (Å²) in [4.78, 5) is 4.87. The molecule has 1 rings (SSSR count). The molecule has 1 fully saturated rings. The van der Waals surface area contributed by atoms with E-state index in [1.54, 1.807) is 0 Å². The van der Waals surface area contributed by atoms with Crippen LogP contribution in [0.2, 0.25) is 0 Å². The van der Waals surface area contributed by atoms with Crippen molar-refractivity contribution in [1.29, 1.82) is 5.41 Å². The van der Waals surface area contributed by atoms with E-state index in [2.05, 4.69) is 30.8 Å². The first kappa shape index (κ1) is 13.5. The van der Waals surface area contributed by atoms with Gasteiger partial charge in [0.1, 0.15) is 0 Å². The quantitative estimate of drug-likeness (QED) is 0.403. The molecule has 0 aliphatic carbocycles. The van der Waals surface area contributed by atoms with Gasteiger partial charge in [0, 0.05) is 25.6 Å². The number of likely N-dealkylation sites (tertiary alicyclic amines) is 1. The highest BCUT2D eigenvalue weighted by Gasteiger charge is 2.30. The second kappa shape index (κ2) is 6.21. The molecule has 0 spiro atoms. The number of nitrogens with zero attached hydrogens (tertiary/aromatic N) is 2. The van der Waals surface area contributed by atoms with Gasteiger partial charge in [-0.25, -0.2) is 0 Å². The highest BCUT2D eigenvalue weighted by Crippen LogP contribution is 2.20. The molecule has 1 aliphatic heterocycles. The molecule has 2 atom stereocenters. The summed E-state index contributed by atoms with van der Waals surface area (Å²) in [6.07, 6.45) is 2.96. The largest absolute Gasteiger partial charge is 0.388 e. The molecule has 0 saturated carbocycles. The summed E-state index contributed by atoms with van der Waals surface area (Å²) < 4.78 is 0. The lowest BCUT2D eigenvalue weighted by Crippen LogP contribution is -2.34. The number of likely N-dealkylation sites (N-methyl/N-ethyl adjacent to an activating group) is 1. The van der Waals surface area contributed by atoms with Gasteiger partial charge in [-0.2, -0.15) is 0 Å². The predicted octanol–water partition coefficient (Wildman–Crippen LogP) is 0.975. The molecular weight excluding hydrogens is 200 g/mol. The summed E-state index contributed by atoms with van der Waals surface area (Å²) in [6.45, 7) is 5.89. The summed E-state index contributed by atoms with van der Waals surface area (Å²) in [5, 5.41) is 7.16. The molecular formula is C12H26N4. The summed E-state index contributed by atoms with van der Waals surface area (Å²) in [5.74, 6) is 1.09. The Morgan fingerprint density at radius 2 is 2.06 bits per heavy atom. The number of amidine groups is 1. The molecule has 16 heavy (non-hydrogen) atoms. The Morgan fingerprint density at radius 3 is 2.56 bits per heavy atom. The van der Waals surface area contributed by atoms with Crippen LogP contribution < -0.4 is 5.73 Å². The van der Waals surface area contributed by atoms with Crippen molar-refractivity contribution in [2.24, 2.45) is 11.7 Å². The van der Waals surface area contributed by atoms with Crippen molar-refractivity contribution in [3.8, 4) is 0 Å². The minimum absolute atomic E-state index is 0.320. The zero-order chi connectivity index (χ0) is 12.1. The van der Waals surface area contributed by atoms with E-state index in [0.29, 0.717) is 11.9 Å². The molecule has 4 nitrogen and oxygen atoms in total. The van der Waals surface area contributed by atoms with E-state index in [-0.39, 0.29) is 0 Å². The minimum Gasteiger partial charge on any atom is -0.388 e. The van der Waals surface area contributed by atoms with Crippen LogP contribution in [0.3, 0.4) is 0 Å². The first-order valence-electron chi connectivity index (χ1n) is 6.22. The fraction of sp³-hybridized carbons (Fsp3) is 0.917. The highest BCUT2D eigenvalue weighted by atomic mass is 15.2. The van der Waals surface area contributed by atoms with Crippen LogP contribution >= 0.6 is 0 Å². The summed E-state index contributed by atoms with van der Waals surface area (Å²) in [7, 11) is 4.33. The topological polar surface area (TPSA) is 56.4 Å². The van der Waals surface area contributed by atoms with Gasteiger partial charge < -0.3 is 15.5 Å². The van der Waals surface area contributed by atoms with E-state index in [4.69, 9.17) is 11.1 Å². The van der Waals surface area contributed by atoms with E-state index in [1.165, 1.54) is 13.1 Å². The van der Waals surface area contributed by atoms with Crippen LogP contribution in [0.4, 0.5) is 0 Å². The van der Waals surface area contributed by atoms with Gasteiger partial charge in [-0.3, -0.25) is 5.41 Å². The first-order valence-corrected chi connectivity index (χ1v) is 6.22. The van der Waals surface area contributed by atoms with Crippen LogP contribution in [-0.2, 0) is 0 Å². The Kier molecular flexibility index (Phi) is 5.22. The number of hydrogen-bond acceptors (Lipinski definition) is 3. The molecule has 2 unspecified atom stereocenters. The second-order valence-electron chi connectivity index (χ2n) is 5.25. The van der Waals surface area contributed by atoms with Gasteiger partial charge in [0.15, 0.2) is 0 Å². The monoisotopic (exact) mass is 226 g/mol. The maximum atomic E-state index is 7.16. The average molecular weight is 226 g/mol. The van der Waals surface area contributed by atoms with Crippen molar-refractivity contribution in [3.05, 3.63) is 0 Å². The van der Waals surface area contributed by atoms with Crippen LogP contribution in [0, 0.1) is 11.3 Å². The van der Waals surface area contributed by atoms with Gasteiger partial charge in [-0.15, -0.1) is 0 Å². The maximum absolute atomic E-state index is 7.16. The predicted molar refractivity (Wildman–Crippen MR) is 68.8 cm³/mol. The molecule has 3 N–H and O–H groups in total. The van der Waals surface area contributed by atoms with E-state index in [1.807, 2.05) is 0 Å². The van der Waals surface area contributed by atoms with Crippen molar-refractivity contribution in [3.63, 3.8) is 0 Å². The minimum atomic E-state index is 0.320. The molecule has 94 valence electrons. The number of hydrogen-bond donors (Lipinski definition) is 2. The lowest BCUT2D eigenvalue weighted by Gasteiger charge is -2.22. The molecule has 0 aromatic heterocycles. The molecule has 0 aromatic rings. The van der Waals surface area contributed by atoms with Crippen LogP contribution in [0.5, 0.6) is 0 Å². The van der Waals surface area contributed by atoms with Crippen LogP contribution in [0.15, 0.2) is 0 Å². The number of nitrogens with one attached hydrogen (secondary N) is 1. The molecule has 1 saturated heterocycles. The molecule has 0 radical (unpaired) electrons. The van der Waals surface area contributed by atoms with Crippen LogP contribution in [-0.4, -0.2) is 55.4 Å². The van der Waals surface area contributed by atoms with E-state index in [0.717, 1.165) is 31.7 Å². The van der Waals surface area contributed by atoms with Gasteiger partial charge in [0.2, 0.25) is 0 Å². The van der Waals surface area contributed by atoms with Crippen molar-refractivity contribution in [2.75, 3.05) is 33.7 Å². The zero-order valence-corrected chi connectivity index (χ0v) is 10.9. The Labute approximate surface area is 99.3 Å². The molecule has 0 amide bonds. The van der Waals surface area contributed by atoms with Crippen molar-refractivity contribution < 1.29 is 0 Å². The number of rotatable bonds is 6. The smallest absolute Gasteiger partial charge is 0.0905 e. The lowest BCUT2D eigenvalue weighted by molar-refractivity contribution is 0.251. The van der Waals surface area contributed by atoms with E-state index < -0.39 is 0 Å². The molecule has 1 aliphatic rings. The lowest BCUT2D eigenvalue weighted by atomic mass is 10.1. The Hall–Kier alpha value is -0.610. The second-order valence-corrected chi connectivity index (χ2v) is 5.25. The average Bonchev–Trinajstić information content (AvgIpc) is 2.54. The van der Waals surface area contributed by atoms with Gasteiger partial charge >= 0.3 is 0 Å². The van der Waals surface area contributed by atoms with E-state index >= 15 is 0 Å². The first-order chi connectivity index (χ1) is 7.50. The molecule has 4 heteroatoms. The Bertz CT molecular complexity index is 227. The van der Waals surface area contributed by atoms with Crippen molar-refractivity contribution in [2.45, 2.75) is 32.2 Å². The number of nitrogens with two attached hydrogens (primary N) is 1. The van der Waals surface area contributed by atoms with Crippen molar-refractivity contribution in [1.82, 2.24) is 9.80 Å². The highest BCUT2D eigenvalue weighted by molar-refractivity contribution is 5.76. The SMILES string of the molecule is CC1CN(CCCCC(=N)N)CC1N(C)C.